The summed E-state index contributed by atoms with van der Waals surface area (Å²) in [6.07, 6.45) is 3.47. The molecule has 1 aromatic rings. The first kappa shape index (κ1) is 18.1. The Balaban J connectivity index is 1.57. The van der Waals surface area contributed by atoms with Gasteiger partial charge in [-0.25, -0.2) is 4.79 Å². The van der Waals surface area contributed by atoms with Crippen LogP contribution in [-0.2, 0) is 19.1 Å². The quantitative estimate of drug-likeness (QED) is 0.606. The standard InChI is InChI=1S/C19H22N2O5/c1-13-4-2-3-11-20(13)18(24)12-26-19(25)14-5-7-15(8-6-14)21-16(22)9-10-17(21)23/h5-8,13H,2-4,9-12H2,1H3/t13-/m1/s1. The molecule has 7 nitrogen and oxygen atoms in total. The van der Waals surface area contributed by atoms with E-state index < -0.39 is 5.97 Å². The second-order valence-electron chi connectivity index (χ2n) is 6.68. The van der Waals surface area contributed by atoms with Crippen LogP contribution in [0.15, 0.2) is 24.3 Å². The maximum atomic E-state index is 12.2. The normalized spacial score (nSPS) is 20.4. The van der Waals surface area contributed by atoms with E-state index in [0.29, 0.717) is 12.2 Å². The number of rotatable bonds is 4. The van der Waals surface area contributed by atoms with Crippen LogP contribution in [0.5, 0.6) is 0 Å². The van der Waals surface area contributed by atoms with Crippen molar-refractivity contribution in [3.63, 3.8) is 0 Å². The summed E-state index contributed by atoms with van der Waals surface area (Å²) in [5, 5.41) is 0. The van der Waals surface area contributed by atoms with E-state index in [2.05, 4.69) is 0 Å². The number of benzene rings is 1. The summed E-state index contributed by atoms with van der Waals surface area (Å²) in [6, 6.07) is 6.22. The third kappa shape index (κ3) is 3.76. The smallest absolute Gasteiger partial charge is 0.338 e. The van der Waals surface area contributed by atoms with E-state index in [0.717, 1.165) is 24.2 Å². The van der Waals surface area contributed by atoms with Crippen LogP contribution in [0.4, 0.5) is 5.69 Å². The van der Waals surface area contributed by atoms with Gasteiger partial charge in [-0.15, -0.1) is 0 Å². The molecule has 0 aromatic heterocycles. The fourth-order valence-electron chi connectivity index (χ4n) is 3.37. The number of esters is 1. The summed E-state index contributed by atoms with van der Waals surface area (Å²) in [4.78, 5) is 50.7. The zero-order valence-corrected chi connectivity index (χ0v) is 14.8. The first-order valence-corrected chi connectivity index (χ1v) is 8.90. The summed E-state index contributed by atoms with van der Waals surface area (Å²) in [5.41, 5.74) is 0.708. The first-order valence-electron chi connectivity index (χ1n) is 8.90. The molecule has 2 fully saturated rings. The summed E-state index contributed by atoms with van der Waals surface area (Å²) < 4.78 is 5.12. The van der Waals surface area contributed by atoms with Crippen LogP contribution in [0.1, 0.15) is 49.4 Å². The van der Waals surface area contributed by atoms with Crippen molar-refractivity contribution in [3.05, 3.63) is 29.8 Å². The number of imide groups is 1. The Morgan fingerprint density at radius 3 is 2.35 bits per heavy atom. The molecule has 0 unspecified atom stereocenters. The van der Waals surface area contributed by atoms with Crippen LogP contribution in [0.25, 0.3) is 0 Å². The number of nitrogens with zero attached hydrogens (tertiary/aromatic N) is 2. The molecule has 3 rings (SSSR count). The van der Waals surface area contributed by atoms with Crippen molar-refractivity contribution in [2.75, 3.05) is 18.1 Å². The number of hydrogen-bond acceptors (Lipinski definition) is 5. The van der Waals surface area contributed by atoms with Crippen molar-refractivity contribution in [3.8, 4) is 0 Å². The third-order valence-electron chi connectivity index (χ3n) is 4.86. The molecule has 2 heterocycles. The molecule has 2 saturated heterocycles. The van der Waals surface area contributed by atoms with Crippen LogP contribution in [0, 0.1) is 0 Å². The Labute approximate surface area is 151 Å². The second-order valence-corrected chi connectivity index (χ2v) is 6.68. The fraction of sp³-hybridized carbons (Fsp3) is 0.474. The molecule has 0 spiro atoms. The van der Waals surface area contributed by atoms with Gasteiger partial charge < -0.3 is 9.64 Å². The van der Waals surface area contributed by atoms with Gasteiger partial charge in [0, 0.05) is 25.4 Å². The molecule has 0 saturated carbocycles. The van der Waals surface area contributed by atoms with E-state index in [1.54, 1.807) is 4.90 Å². The monoisotopic (exact) mass is 358 g/mol. The average Bonchev–Trinajstić information content (AvgIpc) is 2.98. The molecule has 0 aliphatic carbocycles. The highest BCUT2D eigenvalue weighted by Gasteiger charge is 2.30. The number of piperidine rings is 1. The minimum absolute atomic E-state index is 0.171. The van der Waals surface area contributed by atoms with E-state index >= 15 is 0 Å². The molecule has 0 radical (unpaired) electrons. The highest BCUT2D eigenvalue weighted by Crippen LogP contribution is 2.23. The van der Waals surface area contributed by atoms with Crippen LogP contribution < -0.4 is 4.90 Å². The van der Waals surface area contributed by atoms with E-state index in [1.807, 2.05) is 6.92 Å². The lowest BCUT2D eigenvalue weighted by molar-refractivity contribution is -0.137. The van der Waals surface area contributed by atoms with Crippen molar-refractivity contribution in [2.45, 2.75) is 45.1 Å². The third-order valence-corrected chi connectivity index (χ3v) is 4.86. The number of amides is 3. The summed E-state index contributed by atoms with van der Waals surface area (Å²) in [6.45, 7) is 2.41. The van der Waals surface area contributed by atoms with Crippen molar-refractivity contribution in [1.82, 2.24) is 4.90 Å². The largest absolute Gasteiger partial charge is 0.452 e. The molecule has 138 valence electrons. The van der Waals surface area contributed by atoms with Gasteiger partial charge in [-0.05, 0) is 50.5 Å². The molecule has 26 heavy (non-hydrogen) atoms. The van der Waals surface area contributed by atoms with Gasteiger partial charge in [0.25, 0.3) is 5.91 Å². The Morgan fingerprint density at radius 2 is 1.73 bits per heavy atom. The molecule has 1 aromatic carbocycles. The van der Waals surface area contributed by atoms with Gasteiger partial charge in [-0.2, -0.15) is 0 Å². The number of carbonyl (C=O) groups is 4. The number of ether oxygens (including phenoxy) is 1. The zero-order valence-electron chi connectivity index (χ0n) is 14.8. The highest BCUT2D eigenvalue weighted by molar-refractivity contribution is 6.19. The minimum atomic E-state index is -0.603. The lowest BCUT2D eigenvalue weighted by Gasteiger charge is -2.33. The van der Waals surface area contributed by atoms with Crippen molar-refractivity contribution in [2.24, 2.45) is 0 Å². The molecule has 0 bridgehead atoms. The van der Waals surface area contributed by atoms with Crippen LogP contribution in [0.2, 0.25) is 0 Å². The van der Waals surface area contributed by atoms with Crippen LogP contribution >= 0.6 is 0 Å². The number of hydrogen-bond donors (Lipinski definition) is 0. The van der Waals surface area contributed by atoms with E-state index in [9.17, 15) is 19.2 Å². The molecular formula is C19H22N2O5. The predicted octanol–water partition coefficient (Wildman–Crippen LogP) is 1.90. The van der Waals surface area contributed by atoms with Gasteiger partial charge in [-0.1, -0.05) is 0 Å². The second kappa shape index (κ2) is 7.68. The number of likely N-dealkylation sites (tertiary alicyclic amines) is 1. The Morgan fingerprint density at radius 1 is 1.08 bits per heavy atom. The molecule has 2 aliphatic rings. The lowest BCUT2D eigenvalue weighted by Crippen LogP contribution is -2.44. The topological polar surface area (TPSA) is 84.0 Å². The van der Waals surface area contributed by atoms with Crippen molar-refractivity contribution >= 4 is 29.4 Å². The van der Waals surface area contributed by atoms with Crippen molar-refractivity contribution in [1.29, 1.82) is 0 Å². The molecule has 3 amide bonds. The molecule has 1 atom stereocenters. The Kier molecular flexibility index (Phi) is 5.35. The lowest BCUT2D eigenvalue weighted by atomic mass is 10.0. The molecule has 7 heteroatoms. The van der Waals surface area contributed by atoms with Gasteiger partial charge in [0.1, 0.15) is 0 Å². The maximum Gasteiger partial charge on any atom is 0.338 e. The summed E-state index contributed by atoms with van der Waals surface area (Å²) >= 11 is 0. The zero-order chi connectivity index (χ0) is 18.7. The SMILES string of the molecule is C[C@@H]1CCCCN1C(=O)COC(=O)c1ccc(N2C(=O)CCC2=O)cc1. The van der Waals surface area contributed by atoms with Crippen molar-refractivity contribution < 1.29 is 23.9 Å². The van der Waals surface area contributed by atoms with E-state index in [4.69, 9.17) is 4.74 Å². The van der Waals surface area contributed by atoms with Gasteiger partial charge in [0.2, 0.25) is 11.8 Å². The van der Waals surface area contributed by atoms with Crippen LogP contribution in [-0.4, -0.2) is 47.8 Å². The molecular weight excluding hydrogens is 336 g/mol. The number of carbonyl (C=O) groups excluding carboxylic acids is 4. The fourth-order valence-corrected chi connectivity index (χ4v) is 3.37. The Bertz CT molecular complexity index is 712. The predicted molar refractivity (Wildman–Crippen MR) is 93.5 cm³/mol. The molecule has 2 aliphatic heterocycles. The van der Waals surface area contributed by atoms with Gasteiger partial charge in [0.15, 0.2) is 6.61 Å². The summed E-state index contributed by atoms with van der Waals surface area (Å²) in [7, 11) is 0. The summed E-state index contributed by atoms with van der Waals surface area (Å²) in [5.74, 6) is -1.28. The van der Waals surface area contributed by atoms with E-state index in [-0.39, 0.29) is 48.8 Å². The highest BCUT2D eigenvalue weighted by atomic mass is 16.5. The minimum Gasteiger partial charge on any atom is -0.452 e. The van der Waals surface area contributed by atoms with Gasteiger partial charge >= 0.3 is 5.97 Å². The van der Waals surface area contributed by atoms with Gasteiger partial charge in [0.05, 0.1) is 11.3 Å². The Hall–Kier alpha value is -2.70. The first-order chi connectivity index (χ1) is 12.5. The molecule has 0 N–H and O–H groups in total. The number of anilines is 1. The van der Waals surface area contributed by atoms with Crippen LogP contribution in [0.3, 0.4) is 0 Å². The average molecular weight is 358 g/mol. The maximum absolute atomic E-state index is 12.2. The van der Waals surface area contributed by atoms with E-state index in [1.165, 1.54) is 24.3 Å². The van der Waals surface area contributed by atoms with Gasteiger partial charge in [-0.3, -0.25) is 19.3 Å².